The predicted octanol–water partition coefficient (Wildman–Crippen LogP) is 2.46. The fourth-order valence-corrected chi connectivity index (χ4v) is 2.62. The Morgan fingerprint density at radius 2 is 2.05 bits per heavy atom. The number of hydrogen-bond donors (Lipinski definition) is 2. The van der Waals surface area contributed by atoms with Crippen LogP contribution >= 0.6 is 0 Å². The summed E-state index contributed by atoms with van der Waals surface area (Å²) < 4.78 is 1.98. The lowest BCUT2D eigenvalue weighted by Crippen LogP contribution is -2.26. The van der Waals surface area contributed by atoms with Crippen molar-refractivity contribution in [3.63, 3.8) is 0 Å². The summed E-state index contributed by atoms with van der Waals surface area (Å²) in [6.45, 7) is 2.52. The van der Waals surface area contributed by atoms with Crippen LogP contribution in [0.5, 0.6) is 0 Å². The molecule has 0 aliphatic carbocycles. The Balaban J connectivity index is 1.58. The van der Waals surface area contributed by atoms with Gasteiger partial charge in [0.05, 0.1) is 18.6 Å². The van der Waals surface area contributed by atoms with Gasteiger partial charge in [0.1, 0.15) is 0 Å². The van der Waals surface area contributed by atoms with Crippen LogP contribution in [0.25, 0.3) is 10.9 Å². The van der Waals surface area contributed by atoms with Gasteiger partial charge in [-0.1, -0.05) is 30.3 Å². The van der Waals surface area contributed by atoms with Gasteiger partial charge in [0, 0.05) is 23.8 Å². The molecule has 0 amide bonds. The van der Waals surface area contributed by atoms with Crippen molar-refractivity contribution in [2.24, 2.45) is 4.99 Å². The minimum atomic E-state index is 0.784. The third-order valence-electron chi connectivity index (χ3n) is 3.68. The van der Waals surface area contributed by atoms with E-state index in [1.807, 2.05) is 22.9 Å². The van der Waals surface area contributed by atoms with Crippen LogP contribution in [0, 0.1) is 0 Å². The fraction of sp³-hybridized carbons (Fsp3) is 0.176. The van der Waals surface area contributed by atoms with Crippen molar-refractivity contribution >= 4 is 22.5 Å². The van der Waals surface area contributed by atoms with E-state index in [0.717, 1.165) is 42.2 Å². The lowest BCUT2D eigenvalue weighted by Gasteiger charge is -2.05. The maximum absolute atomic E-state index is 4.62. The number of nitrogens with one attached hydrogen (secondary N) is 2. The monoisotopic (exact) mass is 291 g/mol. The smallest absolute Gasteiger partial charge is 0.195 e. The zero-order chi connectivity index (χ0) is 14.8. The fourth-order valence-electron chi connectivity index (χ4n) is 2.62. The van der Waals surface area contributed by atoms with Crippen LogP contribution in [0.3, 0.4) is 0 Å². The van der Waals surface area contributed by atoms with E-state index in [9.17, 15) is 0 Å². The van der Waals surface area contributed by atoms with Crippen molar-refractivity contribution in [1.82, 2.24) is 15.1 Å². The summed E-state index contributed by atoms with van der Waals surface area (Å²) >= 11 is 0. The topological polar surface area (TPSA) is 54.2 Å². The van der Waals surface area contributed by atoms with Gasteiger partial charge in [-0.3, -0.25) is 9.67 Å². The zero-order valence-corrected chi connectivity index (χ0v) is 12.2. The minimum absolute atomic E-state index is 0.784. The molecule has 5 nitrogen and oxygen atoms in total. The Bertz CT molecular complexity index is 819. The van der Waals surface area contributed by atoms with Crippen molar-refractivity contribution in [2.75, 3.05) is 18.4 Å². The molecule has 5 heteroatoms. The van der Waals surface area contributed by atoms with Crippen molar-refractivity contribution in [2.45, 2.75) is 6.54 Å². The van der Waals surface area contributed by atoms with E-state index >= 15 is 0 Å². The molecule has 1 aromatic heterocycles. The number of hydrogen-bond acceptors (Lipinski definition) is 4. The first-order valence-corrected chi connectivity index (χ1v) is 7.43. The van der Waals surface area contributed by atoms with E-state index in [4.69, 9.17) is 0 Å². The van der Waals surface area contributed by atoms with Crippen LogP contribution in [0.4, 0.5) is 5.69 Å². The van der Waals surface area contributed by atoms with Crippen LogP contribution < -0.4 is 10.6 Å². The number of anilines is 1. The van der Waals surface area contributed by atoms with Gasteiger partial charge in [0.2, 0.25) is 0 Å². The van der Waals surface area contributed by atoms with Crippen LogP contribution in [0.1, 0.15) is 5.56 Å². The molecule has 0 saturated carbocycles. The first kappa shape index (κ1) is 12.9. The van der Waals surface area contributed by atoms with Gasteiger partial charge in [-0.05, 0) is 23.8 Å². The lowest BCUT2D eigenvalue weighted by molar-refractivity contribution is 0.696. The number of aromatic nitrogens is 2. The Kier molecular flexibility index (Phi) is 3.23. The second-order valence-electron chi connectivity index (χ2n) is 5.37. The molecular weight excluding hydrogens is 274 g/mol. The van der Waals surface area contributed by atoms with Gasteiger partial charge in [-0.25, -0.2) is 0 Å². The predicted molar refractivity (Wildman–Crippen MR) is 89.2 cm³/mol. The Morgan fingerprint density at radius 3 is 2.86 bits per heavy atom. The van der Waals surface area contributed by atoms with Gasteiger partial charge in [0.15, 0.2) is 5.96 Å². The number of rotatable bonds is 3. The summed E-state index contributed by atoms with van der Waals surface area (Å²) in [6, 6.07) is 16.5. The molecule has 2 heterocycles. The molecule has 0 bridgehead atoms. The van der Waals surface area contributed by atoms with Gasteiger partial charge in [-0.15, -0.1) is 0 Å². The van der Waals surface area contributed by atoms with E-state index in [-0.39, 0.29) is 0 Å². The molecule has 0 saturated heterocycles. The average molecular weight is 291 g/mol. The first-order valence-electron chi connectivity index (χ1n) is 7.43. The SMILES string of the molecule is c1ccc(Cn2cc3cc(NC4=NCCN4)ccc3n2)cc1. The third kappa shape index (κ3) is 2.65. The van der Waals surface area contributed by atoms with Crippen LogP contribution in [-0.2, 0) is 6.54 Å². The highest BCUT2D eigenvalue weighted by Crippen LogP contribution is 2.18. The minimum Gasteiger partial charge on any atom is -0.354 e. The number of guanidine groups is 1. The summed E-state index contributed by atoms with van der Waals surface area (Å²) in [5, 5.41) is 12.3. The number of aliphatic imine (C=N–C) groups is 1. The molecule has 3 aromatic rings. The Labute approximate surface area is 128 Å². The molecule has 110 valence electrons. The summed E-state index contributed by atoms with van der Waals surface area (Å²) in [6.07, 6.45) is 2.08. The average Bonchev–Trinajstić information content (AvgIpc) is 3.17. The van der Waals surface area contributed by atoms with Gasteiger partial charge < -0.3 is 10.6 Å². The first-order chi connectivity index (χ1) is 10.9. The largest absolute Gasteiger partial charge is 0.354 e. The molecular formula is C17H17N5. The highest BCUT2D eigenvalue weighted by Gasteiger charge is 2.07. The van der Waals surface area contributed by atoms with Gasteiger partial charge in [0.25, 0.3) is 0 Å². The van der Waals surface area contributed by atoms with E-state index in [1.165, 1.54) is 5.56 Å². The third-order valence-corrected chi connectivity index (χ3v) is 3.68. The van der Waals surface area contributed by atoms with E-state index in [2.05, 4.69) is 57.3 Å². The molecule has 0 unspecified atom stereocenters. The van der Waals surface area contributed by atoms with Gasteiger partial charge >= 0.3 is 0 Å². The Morgan fingerprint density at radius 1 is 1.14 bits per heavy atom. The van der Waals surface area contributed by atoms with E-state index < -0.39 is 0 Å². The summed E-state index contributed by atoms with van der Waals surface area (Å²) in [4.78, 5) is 4.35. The molecule has 22 heavy (non-hydrogen) atoms. The molecule has 2 N–H and O–H groups in total. The normalized spacial score (nSPS) is 13.9. The maximum atomic E-state index is 4.62. The van der Waals surface area contributed by atoms with Gasteiger partial charge in [-0.2, -0.15) is 5.10 Å². The number of nitrogens with zero attached hydrogens (tertiary/aromatic N) is 3. The molecule has 1 aliphatic rings. The van der Waals surface area contributed by atoms with Crippen molar-refractivity contribution in [3.05, 3.63) is 60.3 Å². The van der Waals surface area contributed by atoms with Crippen molar-refractivity contribution in [3.8, 4) is 0 Å². The van der Waals surface area contributed by atoms with Crippen LogP contribution in [0.2, 0.25) is 0 Å². The molecule has 0 fully saturated rings. The summed E-state index contributed by atoms with van der Waals surface area (Å²) in [5.74, 6) is 0.844. The van der Waals surface area contributed by atoms with E-state index in [0.29, 0.717) is 0 Å². The number of fused-ring (bicyclic) bond motifs is 1. The molecule has 1 aliphatic heterocycles. The number of benzene rings is 2. The standard InChI is InChI=1S/C17H17N5/c1-2-4-13(5-3-1)11-22-12-14-10-15(6-7-16(14)21-22)20-17-18-8-9-19-17/h1-7,10,12H,8-9,11H2,(H2,18,19,20). The lowest BCUT2D eigenvalue weighted by atomic mass is 10.2. The summed E-state index contributed by atoms with van der Waals surface area (Å²) in [7, 11) is 0. The van der Waals surface area contributed by atoms with Crippen LogP contribution in [0.15, 0.2) is 59.7 Å². The molecule has 0 atom stereocenters. The molecule has 0 spiro atoms. The molecule has 0 radical (unpaired) electrons. The van der Waals surface area contributed by atoms with E-state index in [1.54, 1.807) is 0 Å². The maximum Gasteiger partial charge on any atom is 0.195 e. The quantitative estimate of drug-likeness (QED) is 0.779. The highest BCUT2D eigenvalue weighted by atomic mass is 15.3. The molecule has 2 aromatic carbocycles. The summed E-state index contributed by atoms with van der Waals surface area (Å²) in [5.41, 5.74) is 3.28. The van der Waals surface area contributed by atoms with Crippen molar-refractivity contribution < 1.29 is 0 Å². The molecule has 4 rings (SSSR count). The second-order valence-corrected chi connectivity index (χ2v) is 5.37. The Hall–Kier alpha value is -2.82. The van der Waals surface area contributed by atoms with Crippen molar-refractivity contribution in [1.29, 1.82) is 0 Å². The van der Waals surface area contributed by atoms with Crippen LogP contribution in [-0.4, -0.2) is 28.8 Å². The second kappa shape index (κ2) is 5.52. The highest BCUT2D eigenvalue weighted by molar-refractivity contribution is 5.96. The zero-order valence-electron chi connectivity index (χ0n) is 12.2.